The number of hydrogen-bond donors (Lipinski definition) is 0. The van der Waals surface area contributed by atoms with Crippen LogP contribution in [0.25, 0.3) is 0 Å². The topological polar surface area (TPSA) is 54.4 Å². The monoisotopic (exact) mass is 353 g/mol. The Kier molecular flexibility index (Phi) is 4.87. The number of aryl methyl sites for hydroxylation is 1. The number of piperidine rings is 1. The maximum atomic E-state index is 6.37. The van der Waals surface area contributed by atoms with Gasteiger partial charge in [-0.15, -0.1) is 0 Å². The molecule has 138 valence electrons. The van der Waals surface area contributed by atoms with Gasteiger partial charge in [-0.1, -0.05) is 6.07 Å². The molecular weight excluding hydrogens is 326 g/mol. The van der Waals surface area contributed by atoms with E-state index in [0.717, 1.165) is 62.7 Å². The molecule has 0 amide bonds. The molecule has 4 heterocycles. The van der Waals surface area contributed by atoms with Crippen molar-refractivity contribution in [3.05, 3.63) is 48.0 Å². The predicted molar refractivity (Wildman–Crippen MR) is 101 cm³/mol. The maximum absolute atomic E-state index is 6.37. The number of nitrogens with zero attached hydrogens (tertiary/aromatic N) is 5. The van der Waals surface area contributed by atoms with E-state index in [4.69, 9.17) is 4.74 Å². The first-order valence-electron chi connectivity index (χ1n) is 9.41. The molecule has 2 saturated heterocycles. The van der Waals surface area contributed by atoms with Crippen LogP contribution in [0.1, 0.15) is 30.5 Å². The summed E-state index contributed by atoms with van der Waals surface area (Å²) in [6, 6.07) is 6.51. The van der Waals surface area contributed by atoms with Crippen molar-refractivity contribution < 1.29 is 4.74 Å². The Hall–Kier alpha value is -2.05. The lowest BCUT2D eigenvalue weighted by molar-refractivity contribution is -0.00787. The molecule has 2 fully saturated rings. The van der Waals surface area contributed by atoms with E-state index in [2.05, 4.69) is 37.9 Å². The van der Waals surface area contributed by atoms with E-state index in [1.807, 2.05) is 37.6 Å². The van der Waals surface area contributed by atoms with Gasteiger partial charge in [0.1, 0.15) is 0 Å². The van der Waals surface area contributed by atoms with Crippen molar-refractivity contribution in [1.29, 1.82) is 0 Å². The van der Waals surface area contributed by atoms with E-state index < -0.39 is 0 Å². The highest BCUT2D eigenvalue weighted by atomic mass is 16.5. The molecule has 1 spiro atoms. The molecule has 0 bridgehead atoms. The van der Waals surface area contributed by atoms with Crippen molar-refractivity contribution in [3.63, 3.8) is 0 Å². The van der Waals surface area contributed by atoms with Gasteiger partial charge in [-0.3, -0.25) is 9.88 Å². The molecule has 2 unspecified atom stereocenters. The number of anilines is 1. The van der Waals surface area contributed by atoms with Gasteiger partial charge in [-0.25, -0.2) is 9.97 Å². The van der Waals surface area contributed by atoms with Crippen LogP contribution in [0.3, 0.4) is 0 Å². The molecule has 2 atom stereocenters. The van der Waals surface area contributed by atoms with Crippen LogP contribution in [-0.2, 0) is 11.3 Å². The molecule has 0 N–H and O–H groups in total. The summed E-state index contributed by atoms with van der Waals surface area (Å²) in [7, 11) is 2.17. The third-order valence-electron chi connectivity index (χ3n) is 5.54. The van der Waals surface area contributed by atoms with E-state index in [0.29, 0.717) is 6.04 Å². The smallest absolute Gasteiger partial charge is 0.225 e. The van der Waals surface area contributed by atoms with Crippen LogP contribution in [0.15, 0.2) is 36.8 Å². The molecule has 4 rings (SSSR count). The summed E-state index contributed by atoms with van der Waals surface area (Å²) < 4.78 is 6.37. The lowest BCUT2D eigenvalue weighted by atomic mass is 9.88. The number of likely N-dealkylation sites (N-methyl/N-ethyl adjacent to an activating group) is 1. The van der Waals surface area contributed by atoms with Crippen LogP contribution in [0, 0.1) is 6.92 Å². The zero-order valence-corrected chi connectivity index (χ0v) is 15.6. The highest BCUT2D eigenvalue weighted by molar-refractivity contribution is 5.32. The minimum Gasteiger partial charge on any atom is -0.371 e. The van der Waals surface area contributed by atoms with E-state index in [9.17, 15) is 0 Å². The van der Waals surface area contributed by atoms with Gasteiger partial charge in [0, 0.05) is 44.3 Å². The van der Waals surface area contributed by atoms with Crippen molar-refractivity contribution in [1.82, 2.24) is 19.9 Å². The van der Waals surface area contributed by atoms with Crippen LogP contribution < -0.4 is 4.90 Å². The predicted octanol–water partition coefficient (Wildman–Crippen LogP) is 2.44. The molecular formula is C20H27N5O. The van der Waals surface area contributed by atoms with E-state index >= 15 is 0 Å². The number of ether oxygens (including phenoxy) is 1. The van der Waals surface area contributed by atoms with Gasteiger partial charge in [-0.05, 0) is 50.9 Å². The number of hydrogen-bond acceptors (Lipinski definition) is 6. The first-order chi connectivity index (χ1) is 12.6. The summed E-state index contributed by atoms with van der Waals surface area (Å²) in [6.07, 6.45) is 8.93. The Morgan fingerprint density at radius 3 is 2.88 bits per heavy atom. The van der Waals surface area contributed by atoms with Gasteiger partial charge in [0.25, 0.3) is 0 Å². The summed E-state index contributed by atoms with van der Waals surface area (Å²) in [6.45, 7) is 5.54. The Morgan fingerprint density at radius 2 is 2.12 bits per heavy atom. The van der Waals surface area contributed by atoms with Crippen molar-refractivity contribution in [2.45, 2.75) is 44.4 Å². The Labute approximate surface area is 155 Å². The zero-order valence-electron chi connectivity index (χ0n) is 15.6. The highest BCUT2D eigenvalue weighted by Gasteiger charge is 2.45. The van der Waals surface area contributed by atoms with Crippen molar-refractivity contribution in [2.24, 2.45) is 0 Å². The molecule has 2 aliphatic heterocycles. The zero-order chi connectivity index (χ0) is 18.0. The van der Waals surface area contributed by atoms with E-state index in [1.54, 1.807) is 0 Å². The largest absolute Gasteiger partial charge is 0.371 e. The second-order valence-electron chi connectivity index (χ2n) is 7.67. The number of rotatable bonds is 4. The summed E-state index contributed by atoms with van der Waals surface area (Å²) in [4.78, 5) is 18.1. The SMILES string of the molecule is Cc1cnc(N2CCCC3(CC(N(C)Cc4ccccn4)CO3)C2)nc1. The fourth-order valence-corrected chi connectivity index (χ4v) is 4.08. The molecule has 2 aromatic rings. The molecule has 2 aliphatic rings. The van der Waals surface area contributed by atoms with Crippen LogP contribution in [0.2, 0.25) is 0 Å². The Balaban J connectivity index is 1.40. The molecule has 6 heteroatoms. The minimum absolute atomic E-state index is 0.0739. The molecule has 0 radical (unpaired) electrons. The van der Waals surface area contributed by atoms with Crippen molar-refractivity contribution in [3.8, 4) is 0 Å². The van der Waals surface area contributed by atoms with Crippen LogP contribution >= 0.6 is 0 Å². The van der Waals surface area contributed by atoms with Gasteiger partial charge in [0.05, 0.1) is 17.9 Å². The average molecular weight is 353 g/mol. The van der Waals surface area contributed by atoms with Gasteiger partial charge < -0.3 is 9.64 Å². The standard InChI is InChI=1S/C20H27N5O/c1-16-11-22-19(23-12-16)25-9-5-7-20(15-25)10-18(14-26-20)24(2)13-17-6-3-4-8-21-17/h3-4,6,8,11-12,18H,5,7,9-10,13-15H2,1-2H3. The molecule has 6 nitrogen and oxygen atoms in total. The average Bonchev–Trinajstić information content (AvgIpc) is 3.06. The molecule has 0 saturated carbocycles. The third-order valence-corrected chi connectivity index (χ3v) is 5.54. The highest BCUT2D eigenvalue weighted by Crippen LogP contribution is 2.37. The van der Waals surface area contributed by atoms with E-state index in [-0.39, 0.29) is 5.60 Å². The first kappa shape index (κ1) is 17.4. The first-order valence-corrected chi connectivity index (χ1v) is 9.41. The Morgan fingerprint density at radius 1 is 1.27 bits per heavy atom. The molecule has 26 heavy (non-hydrogen) atoms. The second kappa shape index (κ2) is 7.29. The van der Waals surface area contributed by atoms with Gasteiger partial charge in [0.2, 0.25) is 5.95 Å². The lowest BCUT2D eigenvalue weighted by Crippen LogP contribution is -2.49. The fourth-order valence-electron chi connectivity index (χ4n) is 4.08. The van der Waals surface area contributed by atoms with Crippen LogP contribution in [-0.4, -0.2) is 58.2 Å². The van der Waals surface area contributed by atoms with E-state index in [1.165, 1.54) is 0 Å². The van der Waals surface area contributed by atoms with Crippen molar-refractivity contribution in [2.75, 3.05) is 31.6 Å². The Bertz CT molecular complexity index is 723. The molecule has 0 aliphatic carbocycles. The fraction of sp³-hybridized carbons (Fsp3) is 0.550. The lowest BCUT2D eigenvalue weighted by Gasteiger charge is -2.40. The van der Waals surface area contributed by atoms with Gasteiger partial charge >= 0.3 is 0 Å². The van der Waals surface area contributed by atoms with Crippen LogP contribution in [0.5, 0.6) is 0 Å². The molecule has 0 aromatic carbocycles. The summed E-state index contributed by atoms with van der Waals surface area (Å²) in [5.74, 6) is 0.823. The quantitative estimate of drug-likeness (QED) is 0.842. The van der Waals surface area contributed by atoms with Crippen molar-refractivity contribution >= 4 is 5.95 Å². The van der Waals surface area contributed by atoms with Gasteiger partial charge in [0.15, 0.2) is 0 Å². The summed E-state index contributed by atoms with van der Waals surface area (Å²) in [5.41, 5.74) is 2.12. The second-order valence-corrected chi connectivity index (χ2v) is 7.67. The van der Waals surface area contributed by atoms with Crippen LogP contribution in [0.4, 0.5) is 5.95 Å². The van der Waals surface area contributed by atoms with Gasteiger partial charge in [-0.2, -0.15) is 0 Å². The summed E-state index contributed by atoms with van der Waals surface area (Å²) >= 11 is 0. The minimum atomic E-state index is -0.0739. The number of pyridine rings is 1. The normalized spacial score (nSPS) is 26.0. The summed E-state index contributed by atoms with van der Waals surface area (Å²) in [5, 5.41) is 0. The third kappa shape index (κ3) is 3.71. The number of aromatic nitrogens is 3. The maximum Gasteiger partial charge on any atom is 0.225 e. The molecule has 2 aromatic heterocycles.